The Hall–Kier alpha value is -0.660. The lowest BCUT2D eigenvalue weighted by molar-refractivity contribution is -0.140. The molecule has 7 heteroatoms. The molecule has 1 atom stereocenters. The first-order chi connectivity index (χ1) is 7.72. The fourth-order valence-corrected chi connectivity index (χ4v) is 2.47. The highest BCUT2D eigenvalue weighted by molar-refractivity contribution is 7.87. The minimum atomic E-state index is -3.72. The molecule has 0 fully saturated rings. The first-order valence-corrected chi connectivity index (χ1v) is 7.12. The Kier molecular flexibility index (Phi) is 6.66. The fraction of sp³-hybridized carbons (Fsp3) is 0.900. The van der Waals surface area contributed by atoms with Gasteiger partial charge in [-0.05, 0) is 12.3 Å². The van der Waals surface area contributed by atoms with E-state index in [1.807, 2.05) is 6.92 Å². The van der Waals surface area contributed by atoms with Crippen molar-refractivity contribution in [2.24, 2.45) is 5.92 Å². The molecule has 0 aromatic rings. The number of aliphatic carboxylic acids is 1. The van der Waals surface area contributed by atoms with E-state index in [0.717, 1.165) is 17.1 Å². The van der Waals surface area contributed by atoms with E-state index < -0.39 is 22.2 Å². The van der Waals surface area contributed by atoms with Crippen molar-refractivity contribution in [2.75, 3.05) is 13.6 Å². The third-order valence-electron chi connectivity index (χ3n) is 2.45. The lowest BCUT2D eigenvalue weighted by Gasteiger charge is -2.22. The maximum absolute atomic E-state index is 11.8. The van der Waals surface area contributed by atoms with Crippen molar-refractivity contribution in [1.29, 1.82) is 0 Å². The van der Waals surface area contributed by atoms with E-state index >= 15 is 0 Å². The zero-order valence-electron chi connectivity index (χ0n) is 10.8. The predicted octanol–water partition coefficient (Wildman–Crippen LogP) is 0.662. The molecule has 0 aliphatic rings. The van der Waals surface area contributed by atoms with Crippen LogP contribution >= 0.6 is 0 Å². The first kappa shape index (κ1) is 16.3. The largest absolute Gasteiger partial charge is 0.480 e. The van der Waals surface area contributed by atoms with Gasteiger partial charge in [-0.2, -0.15) is 17.4 Å². The van der Waals surface area contributed by atoms with E-state index in [9.17, 15) is 13.2 Å². The standard InChI is InChI=1S/C10H22N2O4S/c1-5-6-7-12(4)17(15,16)11-9(8(2)3)10(13)14/h8-9,11H,5-7H2,1-4H3,(H,13,14)/t9-/m0/s1. The van der Waals surface area contributed by atoms with Crippen LogP contribution in [0.4, 0.5) is 0 Å². The van der Waals surface area contributed by atoms with E-state index in [-0.39, 0.29) is 5.92 Å². The number of carboxylic acids is 1. The number of carboxylic acid groups (broad SMARTS) is 1. The summed E-state index contributed by atoms with van der Waals surface area (Å²) in [5.41, 5.74) is 0. The molecular formula is C10H22N2O4S. The minimum Gasteiger partial charge on any atom is -0.480 e. The Balaban J connectivity index is 4.66. The van der Waals surface area contributed by atoms with Crippen LogP contribution in [0.5, 0.6) is 0 Å². The summed E-state index contributed by atoms with van der Waals surface area (Å²) in [6.07, 6.45) is 1.63. The molecule has 0 amide bonds. The molecule has 0 spiro atoms. The molecule has 2 N–H and O–H groups in total. The molecule has 17 heavy (non-hydrogen) atoms. The molecule has 6 nitrogen and oxygen atoms in total. The van der Waals surface area contributed by atoms with Crippen LogP contribution in [0, 0.1) is 5.92 Å². The van der Waals surface area contributed by atoms with Gasteiger partial charge in [-0.25, -0.2) is 0 Å². The second kappa shape index (κ2) is 6.93. The summed E-state index contributed by atoms with van der Waals surface area (Å²) in [7, 11) is -2.28. The SMILES string of the molecule is CCCCN(C)S(=O)(=O)N[C@H](C(=O)O)C(C)C. The van der Waals surface area contributed by atoms with E-state index in [1.54, 1.807) is 13.8 Å². The third kappa shape index (κ3) is 5.47. The summed E-state index contributed by atoms with van der Waals surface area (Å²) in [4.78, 5) is 10.9. The number of nitrogens with one attached hydrogen (secondary N) is 1. The highest BCUT2D eigenvalue weighted by Crippen LogP contribution is 2.06. The van der Waals surface area contributed by atoms with Crippen LogP contribution < -0.4 is 4.72 Å². The average molecular weight is 266 g/mol. The lowest BCUT2D eigenvalue weighted by Crippen LogP contribution is -2.49. The molecule has 0 rings (SSSR count). The van der Waals surface area contributed by atoms with Gasteiger partial charge in [0.1, 0.15) is 6.04 Å². The van der Waals surface area contributed by atoms with Crippen molar-refractivity contribution in [1.82, 2.24) is 9.03 Å². The zero-order chi connectivity index (χ0) is 13.6. The Morgan fingerprint density at radius 1 is 1.41 bits per heavy atom. The number of unbranched alkanes of at least 4 members (excludes halogenated alkanes) is 1. The lowest BCUT2D eigenvalue weighted by atomic mass is 10.1. The summed E-state index contributed by atoms with van der Waals surface area (Å²) >= 11 is 0. The number of hydrogen-bond donors (Lipinski definition) is 2. The van der Waals surface area contributed by atoms with Crippen LogP contribution in [-0.2, 0) is 15.0 Å². The molecule has 0 aliphatic heterocycles. The Bertz CT molecular complexity index is 340. The number of nitrogens with zero attached hydrogens (tertiary/aromatic N) is 1. The smallest absolute Gasteiger partial charge is 0.322 e. The Morgan fingerprint density at radius 2 is 1.94 bits per heavy atom. The molecule has 0 aromatic heterocycles. The van der Waals surface area contributed by atoms with Crippen LogP contribution in [0.2, 0.25) is 0 Å². The highest BCUT2D eigenvalue weighted by atomic mass is 32.2. The molecule has 0 bridgehead atoms. The molecule has 0 aliphatic carbocycles. The van der Waals surface area contributed by atoms with E-state index in [2.05, 4.69) is 4.72 Å². The van der Waals surface area contributed by atoms with Crippen LogP contribution in [0.15, 0.2) is 0 Å². The molecule has 0 saturated carbocycles. The normalized spacial score (nSPS) is 14.2. The number of carbonyl (C=O) groups is 1. The van der Waals surface area contributed by atoms with E-state index in [0.29, 0.717) is 6.54 Å². The average Bonchev–Trinajstić information content (AvgIpc) is 2.21. The molecule has 0 unspecified atom stereocenters. The minimum absolute atomic E-state index is 0.304. The van der Waals surface area contributed by atoms with E-state index in [1.165, 1.54) is 7.05 Å². The van der Waals surface area contributed by atoms with Gasteiger partial charge in [0.25, 0.3) is 10.2 Å². The van der Waals surface area contributed by atoms with Crippen molar-refractivity contribution in [3.8, 4) is 0 Å². The fourth-order valence-electron chi connectivity index (χ4n) is 1.22. The second-order valence-electron chi connectivity index (χ2n) is 4.36. The summed E-state index contributed by atoms with van der Waals surface area (Å²) < 4.78 is 27.0. The zero-order valence-corrected chi connectivity index (χ0v) is 11.6. The topological polar surface area (TPSA) is 86.7 Å². The highest BCUT2D eigenvalue weighted by Gasteiger charge is 2.28. The van der Waals surface area contributed by atoms with Gasteiger partial charge < -0.3 is 5.11 Å². The molecule has 0 heterocycles. The summed E-state index contributed by atoms with van der Waals surface area (Å²) in [5.74, 6) is -1.46. The summed E-state index contributed by atoms with van der Waals surface area (Å²) in [5, 5.41) is 8.92. The van der Waals surface area contributed by atoms with Gasteiger partial charge in [0.15, 0.2) is 0 Å². The third-order valence-corrected chi connectivity index (χ3v) is 4.00. The Morgan fingerprint density at radius 3 is 2.29 bits per heavy atom. The van der Waals surface area contributed by atoms with Gasteiger partial charge in [-0.3, -0.25) is 4.79 Å². The monoisotopic (exact) mass is 266 g/mol. The quantitative estimate of drug-likeness (QED) is 0.675. The second-order valence-corrected chi connectivity index (χ2v) is 6.17. The van der Waals surface area contributed by atoms with Gasteiger partial charge in [-0.15, -0.1) is 0 Å². The molecule has 102 valence electrons. The molecule has 0 radical (unpaired) electrons. The summed E-state index contributed by atoms with van der Waals surface area (Å²) in [6.45, 7) is 5.67. The van der Waals surface area contributed by atoms with Crippen LogP contribution in [0.1, 0.15) is 33.6 Å². The van der Waals surface area contributed by atoms with Gasteiger partial charge in [-0.1, -0.05) is 27.2 Å². The van der Waals surface area contributed by atoms with Crippen LogP contribution in [0.3, 0.4) is 0 Å². The van der Waals surface area contributed by atoms with Crippen molar-refractivity contribution >= 4 is 16.2 Å². The molecule has 0 aromatic carbocycles. The molecule has 0 saturated heterocycles. The van der Waals surface area contributed by atoms with Gasteiger partial charge in [0.2, 0.25) is 0 Å². The maximum Gasteiger partial charge on any atom is 0.322 e. The molecular weight excluding hydrogens is 244 g/mol. The maximum atomic E-state index is 11.8. The van der Waals surface area contributed by atoms with Gasteiger partial charge in [0.05, 0.1) is 0 Å². The van der Waals surface area contributed by atoms with Crippen molar-refractivity contribution in [2.45, 2.75) is 39.7 Å². The number of rotatable bonds is 8. The van der Waals surface area contributed by atoms with Gasteiger partial charge >= 0.3 is 5.97 Å². The van der Waals surface area contributed by atoms with E-state index in [4.69, 9.17) is 5.11 Å². The van der Waals surface area contributed by atoms with Crippen LogP contribution in [-0.4, -0.2) is 43.4 Å². The number of hydrogen-bond acceptors (Lipinski definition) is 3. The van der Waals surface area contributed by atoms with Crippen molar-refractivity contribution in [3.63, 3.8) is 0 Å². The van der Waals surface area contributed by atoms with Gasteiger partial charge in [0, 0.05) is 13.6 Å². The van der Waals surface area contributed by atoms with Crippen molar-refractivity contribution in [3.05, 3.63) is 0 Å². The predicted molar refractivity (Wildman–Crippen MR) is 65.9 cm³/mol. The Labute approximate surface area is 103 Å². The van der Waals surface area contributed by atoms with Crippen LogP contribution in [0.25, 0.3) is 0 Å². The first-order valence-electron chi connectivity index (χ1n) is 5.68. The summed E-state index contributed by atoms with van der Waals surface area (Å²) in [6, 6.07) is -1.09. The van der Waals surface area contributed by atoms with Crippen molar-refractivity contribution < 1.29 is 18.3 Å².